The fourth-order valence-corrected chi connectivity index (χ4v) is 2.38. The lowest BCUT2D eigenvalue weighted by Gasteiger charge is -2.10. The highest BCUT2D eigenvalue weighted by molar-refractivity contribution is 7.98. The average molecular weight is 257 g/mol. The third kappa shape index (κ3) is 4.90. The van der Waals surface area contributed by atoms with Crippen molar-refractivity contribution in [2.75, 3.05) is 25.6 Å². The van der Waals surface area contributed by atoms with Crippen LogP contribution in [0.1, 0.15) is 9.75 Å². The summed E-state index contributed by atoms with van der Waals surface area (Å²) in [5, 5.41) is 6.57. The molecule has 0 amide bonds. The Morgan fingerprint density at radius 2 is 2.25 bits per heavy atom. The molecule has 0 unspecified atom stereocenters. The minimum absolute atomic E-state index is 0.845. The van der Waals surface area contributed by atoms with E-state index in [-0.39, 0.29) is 0 Å². The SMILES string of the molecule is CN=C(NCCSC)NCc1ccc(C)s1. The second-order valence-electron chi connectivity index (χ2n) is 3.36. The molecule has 1 aromatic heterocycles. The number of hydrogen-bond donors (Lipinski definition) is 2. The topological polar surface area (TPSA) is 36.4 Å². The molecule has 5 heteroatoms. The molecule has 0 atom stereocenters. The first-order valence-electron chi connectivity index (χ1n) is 5.25. The van der Waals surface area contributed by atoms with Crippen molar-refractivity contribution in [2.45, 2.75) is 13.5 Å². The summed E-state index contributed by atoms with van der Waals surface area (Å²) >= 11 is 3.65. The summed E-state index contributed by atoms with van der Waals surface area (Å²) in [5.74, 6) is 1.97. The molecule has 90 valence electrons. The number of nitrogens with one attached hydrogen (secondary N) is 2. The number of hydrogen-bond acceptors (Lipinski definition) is 3. The van der Waals surface area contributed by atoms with E-state index in [1.807, 2.05) is 23.1 Å². The summed E-state index contributed by atoms with van der Waals surface area (Å²) in [6.45, 7) is 3.92. The summed E-state index contributed by atoms with van der Waals surface area (Å²) in [6.07, 6.45) is 2.10. The maximum atomic E-state index is 4.17. The van der Waals surface area contributed by atoms with E-state index in [1.54, 1.807) is 7.05 Å². The molecule has 1 aromatic rings. The number of thiophene rings is 1. The van der Waals surface area contributed by atoms with E-state index < -0.39 is 0 Å². The van der Waals surface area contributed by atoms with Crippen molar-refractivity contribution in [3.8, 4) is 0 Å². The summed E-state index contributed by atoms with van der Waals surface area (Å²) in [4.78, 5) is 6.86. The van der Waals surface area contributed by atoms with Crippen LogP contribution in [0.25, 0.3) is 0 Å². The summed E-state index contributed by atoms with van der Waals surface area (Å²) in [6, 6.07) is 4.30. The number of guanidine groups is 1. The van der Waals surface area contributed by atoms with Gasteiger partial charge in [-0.15, -0.1) is 11.3 Å². The van der Waals surface area contributed by atoms with E-state index in [0.29, 0.717) is 0 Å². The Morgan fingerprint density at radius 3 is 2.81 bits per heavy atom. The quantitative estimate of drug-likeness (QED) is 0.482. The van der Waals surface area contributed by atoms with Gasteiger partial charge in [-0.05, 0) is 25.3 Å². The Bertz CT molecular complexity index is 334. The number of nitrogens with zero attached hydrogens (tertiary/aromatic N) is 1. The Balaban J connectivity index is 2.29. The minimum Gasteiger partial charge on any atom is -0.356 e. The molecular formula is C11H19N3S2. The summed E-state index contributed by atoms with van der Waals surface area (Å²) in [7, 11) is 1.80. The van der Waals surface area contributed by atoms with Gasteiger partial charge in [-0.1, -0.05) is 0 Å². The van der Waals surface area contributed by atoms with Crippen molar-refractivity contribution in [2.24, 2.45) is 4.99 Å². The van der Waals surface area contributed by atoms with Crippen molar-refractivity contribution in [1.29, 1.82) is 0 Å². The van der Waals surface area contributed by atoms with Crippen LogP contribution in [0.4, 0.5) is 0 Å². The van der Waals surface area contributed by atoms with Crippen LogP contribution in [-0.4, -0.2) is 31.6 Å². The van der Waals surface area contributed by atoms with Gasteiger partial charge in [-0.25, -0.2) is 0 Å². The van der Waals surface area contributed by atoms with Crippen molar-refractivity contribution in [3.05, 3.63) is 21.9 Å². The van der Waals surface area contributed by atoms with Gasteiger partial charge in [0.05, 0.1) is 6.54 Å². The Labute approximate surface area is 106 Å². The van der Waals surface area contributed by atoms with Crippen molar-refractivity contribution in [3.63, 3.8) is 0 Å². The van der Waals surface area contributed by atoms with E-state index in [4.69, 9.17) is 0 Å². The molecule has 0 aliphatic rings. The van der Waals surface area contributed by atoms with E-state index >= 15 is 0 Å². The minimum atomic E-state index is 0.845. The number of aliphatic imine (C=N–C) groups is 1. The molecule has 1 heterocycles. The van der Waals surface area contributed by atoms with E-state index in [1.165, 1.54) is 9.75 Å². The zero-order valence-electron chi connectivity index (χ0n) is 10.0. The zero-order chi connectivity index (χ0) is 11.8. The van der Waals surface area contributed by atoms with Gasteiger partial charge < -0.3 is 10.6 Å². The lowest BCUT2D eigenvalue weighted by Crippen LogP contribution is -2.37. The molecule has 0 bridgehead atoms. The van der Waals surface area contributed by atoms with Crippen molar-refractivity contribution >= 4 is 29.1 Å². The normalized spacial score (nSPS) is 11.6. The highest BCUT2D eigenvalue weighted by Gasteiger charge is 1.99. The molecule has 0 spiro atoms. The number of rotatable bonds is 5. The predicted octanol–water partition coefficient (Wildman–Crippen LogP) is 2.08. The third-order valence-corrected chi connectivity index (χ3v) is 3.66. The van der Waals surface area contributed by atoms with Crippen LogP contribution in [-0.2, 0) is 6.54 Å². The molecule has 0 saturated carbocycles. The average Bonchev–Trinajstić information content (AvgIpc) is 2.69. The summed E-state index contributed by atoms with van der Waals surface area (Å²) in [5.41, 5.74) is 0. The highest BCUT2D eigenvalue weighted by atomic mass is 32.2. The largest absolute Gasteiger partial charge is 0.356 e. The summed E-state index contributed by atoms with van der Waals surface area (Å²) < 4.78 is 0. The molecule has 0 aromatic carbocycles. The maximum absolute atomic E-state index is 4.17. The fraction of sp³-hybridized carbons (Fsp3) is 0.545. The Kier molecular flexibility index (Phi) is 6.33. The van der Waals surface area contributed by atoms with Crippen LogP contribution in [0.15, 0.2) is 17.1 Å². The van der Waals surface area contributed by atoms with Gasteiger partial charge in [0.15, 0.2) is 5.96 Å². The lowest BCUT2D eigenvalue weighted by atomic mass is 10.4. The van der Waals surface area contributed by atoms with Crippen LogP contribution in [0, 0.1) is 6.92 Å². The molecule has 0 radical (unpaired) electrons. The second kappa shape index (κ2) is 7.57. The van der Waals surface area contributed by atoms with Crippen molar-refractivity contribution < 1.29 is 0 Å². The van der Waals surface area contributed by atoms with E-state index in [9.17, 15) is 0 Å². The van der Waals surface area contributed by atoms with Gasteiger partial charge >= 0.3 is 0 Å². The predicted molar refractivity (Wildman–Crippen MR) is 75.6 cm³/mol. The van der Waals surface area contributed by atoms with Gasteiger partial charge in [0.25, 0.3) is 0 Å². The zero-order valence-corrected chi connectivity index (χ0v) is 11.7. The second-order valence-corrected chi connectivity index (χ2v) is 5.72. The van der Waals surface area contributed by atoms with Crippen LogP contribution >= 0.6 is 23.1 Å². The van der Waals surface area contributed by atoms with Gasteiger partial charge in [-0.2, -0.15) is 11.8 Å². The van der Waals surface area contributed by atoms with Crippen LogP contribution in [0.3, 0.4) is 0 Å². The lowest BCUT2D eigenvalue weighted by molar-refractivity contribution is 0.842. The maximum Gasteiger partial charge on any atom is 0.191 e. The number of aryl methyl sites for hydroxylation is 1. The van der Waals surface area contributed by atoms with Crippen LogP contribution < -0.4 is 10.6 Å². The van der Waals surface area contributed by atoms with Gasteiger partial charge in [0.1, 0.15) is 0 Å². The van der Waals surface area contributed by atoms with E-state index in [2.05, 4.69) is 40.9 Å². The molecule has 2 N–H and O–H groups in total. The molecular weight excluding hydrogens is 238 g/mol. The van der Waals surface area contributed by atoms with Gasteiger partial charge in [-0.3, -0.25) is 4.99 Å². The Hall–Kier alpha value is -0.680. The smallest absolute Gasteiger partial charge is 0.191 e. The standard InChI is InChI=1S/C11H19N3S2/c1-9-4-5-10(16-9)8-14-11(12-2)13-6-7-15-3/h4-5H,6-8H2,1-3H3,(H2,12,13,14). The molecule has 0 aliphatic carbocycles. The fourth-order valence-electron chi connectivity index (χ4n) is 1.24. The molecule has 16 heavy (non-hydrogen) atoms. The highest BCUT2D eigenvalue weighted by Crippen LogP contribution is 2.14. The van der Waals surface area contributed by atoms with E-state index in [0.717, 1.165) is 24.8 Å². The monoisotopic (exact) mass is 257 g/mol. The molecule has 1 rings (SSSR count). The van der Waals surface area contributed by atoms with Gasteiger partial charge in [0, 0.05) is 29.1 Å². The number of thioether (sulfide) groups is 1. The molecule has 0 fully saturated rings. The first-order valence-corrected chi connectivity index (χ1v) is 7.46. The Morgan fingerprint density at radius 1 is 1.44 bits per heavy atom. The van der Waals surface area contributed by atoms with Crippen LogP contribution in [0.2, 0.25) is 0 Å². The van der Waals surface area contributed by atoms with Gasteiger partial charge in [0.2, 0.25) is 0 Å². The molecule has 3 nitrogen and oxygen atoms in total. The first-order chi connectivity index (χ1) is 7.76. The van der Waals surface area contributed by atoms with Crippen LogP contribution in [0.5, 0.6) is 0 Å². The molecule has 0 aliphatic heterocycles. The first kappa shape index (κ1) is 13.4. The molecule has 0 saturated heterocycles. The van der Waals surface area contributed by atoms with Crippen molar-refractivity contribution in [1.82, 2.24) is 10.6 Å². The third-order valence-electron chi connectivity index (χ3n) is 2.05.